The Balaban J connectivity index is 2.75. The molecule has 0 fully saturated rings. The summed E-state index contributed by atoms with van der Waals surface area (Å²) in [6.07, 6.45) is 0.627. The van der Waals surface area contributed by atoms with Crippen LogP contribution in [-0.2, 0) is 4.79 Å². The van der Waals surface area contributed by atoms with E-state index in [1.807, 2.05) is 39.0 Å². The van der Waals surface area contributed by atoms with Crippen molar-refractivity contribution in [1.82, 2.24) is 0 Å². The number of hydrogen-bond acceptors (Lipinski definition) is 3. The highest BCUT2D eigenvalue weighted by atomic mass is 16.5. The minimum atomic E-state index is -0.457. The second-order valence-corrected chi connectivity index (χ2v) is 3.91. The lowest BCUT2D eigenvalue weighted by Gasteiger charge is -2.13. The van der Waals surface area contributed by atoms with E-state index < -0.39 is 6.04 Å². The van der Waals surface area contributed by atoms with Gasteiger partial charge in [-0.15, -0.1) is 0 Å². The van der Waals surface area contributed by atoms with Gasteiger partial charge in [0, 0.05) is 5.69 Å². The molecule has 0 saturated carbocycles. The van der Waals surface area contributed by atoms with Crippen molar-refractivity contribution in [3.05, 3.63) is 23.8 Å². The van der Waals surface area contributed by atoms with Crippen molar-refractivity contribution in [3.63, 3.8) is 0 Å². The van der Waals surface area contributed by atoms with E-state index in [0.717, 1.165) is 17.0 Å². The summed E-state index contributed by atoms with van der Waals surface area (Å²) in [5.74, 6) is 0.655. The third-order valence-corrected chi connectivity index (χ3v) is 2.54. The molecule has 0 aliphatic heterocycles. The zero-order valence-corrected chi connectivity index (χ0v) is 10.6. The maximum Gasteiger partial charge on any atom is 0.241 e. The van der Waals surface area contributed by atoms with Gasteiger partial charge in [-0.2, -0.15) is 0 Å². The Kier molecular flexibility index (Phi) is 4.97. The highest BCUT2D eigenvalue weighted by molar-refractivity contribution is 5.95. The van der Waals surface area contributed by atoms with Crippen LogP contribution < -0.4 is 15.8 Å². The molecule has 4 nitrogen and oxygen atoms in total. The summed E-state index contributed by atoms with van der Waals surface area (Å²) in [6.45, 7) is 6.38. The van der Waals surface area contributed by atoms with Crippen LogP contribution >= 0.6 is 0 Å². The smallest absolute Gasteiger partial charge is 0.241 e. The molecule has 0 unspecified atom stereocenters. The summed E-state index contributed by atoms with van der Waals surface area (Å²) >= 11 is 0. The number of rotatable bonds is 5. The van der Waals surface area contributed by atoms with Gasteiger partial charge in [0.2, 0.25) is 5.91 Å². The molecule has 0 bridgehead atoms. The maximum absolute atomic E-state index is 11.6. The first kappa shape index (κ1) is 13.5. The number of hydrogen-bond donors (Lipinski definition) is 2. The molecule has 1 aromatic carbocycles. The second kappa shape index (κ2) is 6.25. The third-order valence-electron chi connectivity index (χ3n) is 2.54. The average molecular weight is 236 g/mol. The van der Waals surface area contributed by atoms with Gasteiger partial charge in [0.05, 0.1) is 12.6 Å². The number of amides is 1. The van der Waals surface area contributed by atoms with E-state index in [1.165, 1.54) is 0 Å². The topological polar surface area (TPSA) is 64.3 Å². The van der Waals surface area contributed by atoms with Gasteiger partial charge in [0.25, 0.3) is 0 Å². The maximum atomic E-state index is 11.6. The zero-order valence-electron chi connectivity index (χ0n) is 10.6. The molecule has 17 heavy (non-hydrogen) atoms. The average Bonchev–Trinajstić information content (AvgIpc) is 2.31. The molecule has 1 amide bonds. The van der Waals surface area contributed by atoms with E-state index in [1.54, 1.807) is 0 Å². The van der Waals surface area contributed by atoms with E-state index in [2.05, 4.69) is 5.32 Å². The van der Waals surface area contributed by atoms with Crippen LogP contribution in [0.2, 0.25) is 0 Å². The lowest BCUT2D eigenvalue weighted by Crippen LogP contribution is -2.34. The molecule has 0 spiro atoms. The molecule has 0 radical (unpaired) electrons. The first-order valence-corrected chi connectivity index (χ1v) is 5.88. The van der Waals surface area contributed by atoms with Crippen LogP contribution in [0.5, 0.6) is 5.75 Å². The molecule has 4 heteroatoms. The number of carbonyl (C=O) groups is 1. The summed E-state index contributed by atoms with van der Waals surface area (Å²) in [6, 6.07) is 5.11. The van der Waals surface area contributed by atoms with Crippen molar-refractivity contribution in [2.45, 2.75) is 33.2 Å². The number of aryl methyl sites for hydroxylation is 1. The molecule has 0 aromatic heterocycles. The Morgan fingerprint density at radius 1 is 1.47 bits per heavy atom. The normalized spacial score (nSPS) is 12.0. The quantitative estimate of drug-likeness (QED) is 0.822. The fourth-order valence-electron chi connectivity index (χ4n) is 1.44. The lowest BCUT2D eigenvalue weighted by molar-refractivity contribution is -0.117. The first-order valence-electron chi connectivity index (χ1n) is 5.88. The summed E-state index contributed by atoms with van der Waals surface area (Å²) in [5, 5.41) is 2.81. The third kappa shape index (κ3) is 3.75. The number of nitrogens with one attached hydrogen (secondary N) is 1. The number of nitrogens with two attached hydrogens (primary N) is 1. The Labute approximate surface area is 102 Å². The van der Waals surface area contributed by atoms with Gasteiger partial charge in [-0.1, -0.05) is 6.92 Å². The van der Waals surface area contributed by atoms with Crippen molar-refractivity contribution in [3.8, 4) is 5.75 Å². The standard InChI is InChI=1S/C13H20N2O2/c1-4-11(14)13(16)15-12-7-6-10(17-5-2)8-9(12)3/h6-8,11H,4-5,14H2,1-3H3,(H,15,16)/t11-/m1/s1. The molecule has 1 rings (SSSR count). The van der Waals surface area contributed by atoms with Crippen LogP contribution in [0.4, 0.5) is 5.69 Å². The molecule has 0 aliphatic rings. The van der Waals surface area contributed by atoms with Crippen LogP contribution in [0, 0.1) is 6.92 Å². The Hall–Kier alpha value is -1.55. The molecule has 94 valence electrons. The summed E-state index contributed by atoms with van der Waals surface area (Å²) in [5.41, 5.74) is 7.40. The molecule has 1 aromatic rings. The van der Waals surface area contributed by atoms with Gasteiger partial charge < -0.3 is 15.8 Å². The van der Waals surface area contributed by atoms with Gasteiger partial charge in [0.15, 0.2) is 0 Å². The SMILES string of the molecule is CCOc1ccc(NC(=O)[C@H](N)CC)c(C)c1. The van der Waals surface area contributed by atoms with Gasteiger partial charge >= 0.3 is 0 Å². The molecule has 0 aliphatic carbocycles. The Bertz CT molecular complexity index is 391. The van der Waals surface area contributed by atoms with Crippen LogP contribution in [0.25, 0.3) is 0 Å². The fourth-order valence-corrected chi connectivity index (χ4v) is 1.44. The van der Waals surface area contributed by atoms with Crippen molar-refractivity contribution in [1.29, 1.82) is 0 Å². The lowest BCUT2D eigenvalue weighted by atomic mass is 10.1. The van der Waals surface area contributed by atoms with Crippen molar-refractivity contribution >= 4 is 11.6 Å². The molecule has 1 atom stereocenters. The Morgan fingerprint density at radius 2 is 2.18 bits per heavy atom. The largest absolute Gasteiger partial charge is 0.494 e. The van der Waals surface area contributed by atoms with Gasteiger partial charge in [-0.05, 0) is 44.0 Å². The summed E-state index contributed by atoms with van der Waals surface area (Å²) < 4.78 is 5.38. The molecular formula is C13H20N2O2. The van der Waals surface area contributed by atoms with E-state index in [9.17, 15) is 4.79 Å². The van der Waals surface area contributed by atoms with Crippen LogP contribution in [0.1, 0.15) is 25.8 Å². The van der Waals surface area contributed by atoms with E-state index in [-0.39, 0.29) is 5.91 Å². The minimum Gasteiger partial charge on any atom is -0.494 e. The van der Waals surface area contributed by atoms with Crippen molar-refractivity contribution in [2.75, 3.05) is 11.9 Å². The highest BCUT2D eigenvalue weighted by Gasteiger charge is 2.12. The monoisotopic (exact) mass is 236 g/mol. The molecular weight excluding hydrogens is 216 g/mol. The highest BCUT2D eigenvalue weighted by Crippen LogP contribution is 2.21. The van der Waals surface area contributed by atoms with Crippen molar-refractivity contribution < 1.29 is 9.53 Å². The predicted molar refractivity (Wildman–Crippen MR) is 69.2 cm³/mol. The number of benzene rings is 1. The summed E-state index contributed by atoms with van der Waals surface area (Å²) in [7, 11) is 0. The first-order chi connectivity index (χ1) is 8.08. The van der Waals surface area contributed by atoms with Crippen LogP contribution in [0.3, 0.4) is 0 Å². The van der Waals surface area contributed by atoms with Gasteiger partial charge in [-0.25, -0.2) is 0 Å². The molecule has 3 N–H and O–H groups in total. The predicted octanol–water partition coefficient (Wildman–Crippen LogP) is 2.07. The molecule has 0 heterocycles. The van der Waals surface area contributed by atoms with Crippen LogP contribution in [-0.4, -0.2) is 18.6 Å². The number of carbonyl (C=O) groups excluding carboxylic acids is 1. The fraction of sp³-hybridized carbons (Fsp3) is 0.462. The second-order valence-electron chi connectivity index (χ2n) is 3.91. The van der Waals surface area contributed by atoms with Gasteiger partial charge in [0.1, 0.15) is 5.75 Å². The number of anilines is 1. The van der Waals surface area contributed by atoms with E-state index in [0.29, 0.717) is 13.0 Å². The van der Waals surface area contributed by atoms with E-state index in [4.69, 9.17) is 10.5 Å². The molecule has 0 saturated heterocycles. The van der Waals surface area contributed by atoms with E-state index >= 15 is 0 Å². The summed E-state index contributed by atoms with van der Waals surface area (Å²) in [4.78, 5) is 11.6. The number of ether oxygens (including phenoxy) is 1. The Morgan fingerprint density at radius 3 is 2.71 bits per heavy atom. The minimum absolute atomic E-state index is 0.153. The van der Waals surface area contributed by atoms with Crippen LogP contribution in [0.15, 0.2) is 18.2 Å². The zero-order chi connectivity index (χ0) is 12.8. The van der Waals surface area contributed by atoms with Gasteiger partial charge in [-0.3, -0.25) is 4.79 Å². The van der Waals surface area contributed by atoms with Crippen molar-refractivity contribution in [2.24, 2.45) is 5.73 Å².